The first kappa shape index (κ1) is 17.3. The molecule has 0 radical (unpaired) electrons. The zero-order valence-corrected chi connectivity index (χ0v) is 15.4. The summed E-state index contributed by atoms with van der Waals surface area (Å²) in [5.74, 6) is 1.21. The minimum absolute atomic E-state index is 0.253. The smallest absolute Gasteiger partial charge is 0.156 e. The Hall–Kier alpha value is -2.12. The Morgan fingerprint density at radius 1 is 1.31 bits per heavy atom. The average molecular weight is 357 g/mol. The molecule has 0 bridgehead atoms. The van der Waals surface area contributed by atoms with Crippen LogP contribution in [-0.2, 0) is 13.6 Å². The molecule has 1 saturated carbocycles. The van der Waals surface area contributed by atoms with Crippen molar-refractivity contribution in [2.24, 2.45) is 7.05 Å². The Labute approximate surface area is 152 Å². The van der Waals surface area contributed by atoms with Gasteiger partial charge in [-0.05, 0) is 24.8 Å². The van der Waals surface area contributed by atoms with Crippen LogP contribution in [0.25, 0.3) is 22.1 Å². The molecule has 7 nitrogen and oxygen atoms in total. The molecule has 3 heterocycles. The number of nitrogens with one attached hydrogen (secondary N) is 1. The summed E-state index contributed by atoms with van der Waals surface area (Å²) in [5, 5.41) is 23.7. The summed E-state index contributed by atoms with van der Waals surface area (Å²) in [6, 6.07) is 2.23. The third-order valence-electron chi connectivity index (χ3n) is 5.60. The molecule has 3 aromatic heterocycles. The molecule has 3 N–H and O–H groups in total. The fraction of sp³-hybridized carbons (Fsp3) is 0.579. The Morgan fingerprint density at radius 2 is 2.08 bits per heavy atom. The Balaban J connectivity index is 1.98. The first-order valence-corrected chi connectivity index (χ1v) is 9.44. The van der Waals surface area contributed by atoms with E-state index >= 15 is 0 Å². The number of aliphatic hydroxyl groups excluding tert-OH is 2. The van der Waals surface area contributed by atoms with Crippen molar-refractivity contribution in [2.45, 2.75) is 50.7 Å². The number of imidazole rings is 1. The van der Waals surface area contributed by atoms with Crippen LogP contribution in [0.3, 0.4) is 0 Å². The second-order valence-electron chi connectivity index (χ2n) is 7.35. The lowest BCUT2D eigenvalue weighted by Crippen LogP contribution is -2.22. The largest absolute Gasteiger partial charge is 0.394 e. The third-order valence-corrected chi connectivity index (χ3v) is 5.60. The van der Waals surface area contributed by atoms with Crippen LogP contribution in [0.5, 0.6) is 0 Å². The Bertz CT molecular complexity index is 923. The van der Waals surface area contributed by atoms with Crippen molar-refractivity contribution in [1.82, 2.24) is 19.1 Å². The topological polar surface area (TPSA) is 88.1 Å². The summed E-state index contributed by atoms with van der Waals surface area (Å²) in [4.78, 5) is 9.33. The van der Waals surface area contributed by atoms with Crippen molar-refractivity contribution < 1.29 is 10.2 Å². The number of hydrogen-bond acceptors (Lipinski definition) is 5. The van der Waals surface area contributed by atoms with Gasteiger partial charge in [-0.25, -0.2) is 9.97 Å². The molecule has 1 aliphatic carbocycles. The summed E-state index contributed by atoms with van der Waals surface area (Å²) >= 11 is 0. The summed E-state index contributed by atoms with van der Waals surface area (Å²) in [6.07, 6.45) is 7.13. The van der Waals surface area contributed by atoms with E-state index in [0.29, 0.717) is 12.5 Å². The second kappa shape index (κ2) is 6.89. The molecule has 1 atom stereocenters. The predicted octanol–water partition coefficient (Wildman–Crippen LogP) is 2.37. The maximum Gasteiger partial charge on any atom is 0.156 e. The lowest BCUT2D eigenvalue weighted by Gasteiger charge is -2.24. The molecule has 26 heavy (non-hydrogen) atoms. The fourth-order valence-corrected chi connectivity index (χ4v) is 4.30. The minimum Gasteiger partial charge on any atom is -0.394 e. The highest BCUT2D eigenvalue weighted by Gasteiger charge is 2.25. The average Bonchev–Trinajstić information content (AvgIpc) is 3.23. The monoisotopic (exact) mass is 357 g/mol. The summed E-state index contributed by atoms with van der Waals surface area (Å²) in [5.41, 5.74) is 3.97. The van der Waals surface area contributed by atoms with Crippen LogP contribution in [0.4, 0.5) is 5.82 Å². The molecule has 1 aliphatic rings. The van der Waals surface area contributed by atoms with E-state index in [1.54, 1.807) is 0 Å². The van der Waals surface area contributed by atoms with Gasteiger partial charge in [-0.3, -0.25) is 0 Å². The van der Waals surface area contributed by atoms with Crippen LogP contribution in [0.15, 0.2) is 12.4 Å². The summed E-state index contributed by atoms with van der Waals surface area (Å²) < 4.78 is 4.14. The van der Waals surface area contributed by atoms with Gasteiger partial charge in [-0.2, -0.15) is 0 Å². The Kier molecular flexibility index (Phi) is 4.58. The summed E-state index contributed by atoms with van der Waals surface area (Å²) in [6.45, 7) is 0.0992. The van der Waals surface area contributed by atoms with Crippen LogP contribution in [0, 0.1) is 0 Å². The van der Waals surface area contributed by atoms with Crippen molar-refractivity contribution >= 4 is 27.9 Å². The lowest BCUT2D eigenvalue weighted by molar-refractivity contribution is 0.0811. The van der Waals surface area contributed by atoms with Gasteiger partial charge in [0.15, 0.2) is 5.82 Å². The van der Waals surface area contributed by atoms with Crippen molar-refractivity contribution in [3.05, 3.63) is 18.1 Å². The van der Waals surface area contributed by atoms with Gasteiger partial charge >= 0.3 is 0 Å². The lowest BCUT2D eigenvalue weighted by atomic mass is 9.87. The van der Waals surface area contributed by atoms with E-state index < -0.39 is 6.10 Å². The van der Waals surface area contributed by atoms with Gasteiger partial charge in [0.2, 0.25) is 0 Å². The third kappa shape index (κ3) is 2.75. The predicted molar refractivity (Wildman–Crippen MR) is 102 cm³/mol. The number of aromatic nitrogens is 4. The molecule has 0 saturated heterocycles. The molecule has 4 rings (SSSR count). The number of fused-ring (bicyclic) bond motifs is 3. The van der Waals surface area contributed by atoms with E-state index in [9.17, 15) is 10.2 Å². The molecular formula is C19H27N5O2. The van der Waals surface area contributed by atoms with Crippen LogP contribution in [-0.4, -0.2) is 49.1 Å². The molecule has 1 fully saturated rings. The standard InChI is InChI=1S/C19H27N5O2/c1-20-18-16-17(23(2)11-21-16)14-8-15(12-6-4-3-5-7-12)24(19(14)22-18)9-13(26)10-25/h8,11-13,25-26H,3-7,9-10H2,1-2H3,(H,20,22)/t13-/m0/s1. The van der Waals surface area contributed by atoms with Crippen LogP contribution in [0.1, 0.15) is 43.7 Å². The molecule has 0 aliphatic heterocycles. The normalized spacial score (nSPS) is 17.2. The number of aliphatic hydroxyl groups is 2. The van der Waals surface area contributed by atoms with E-state index in [-0.39, 0.29) is 6.61 Å². The van der Waals surface area contributed by atoms with Crippen molar-refractivity contribution in [3.63, 3.8) is 0 Å². The zero-order valence-electron chi connectivity index (χ0n) is 15.4. The first-order chi connectivity index (χ1) is 12.6. The Morgan fingerprint density at radius 3 is 2.77 bits per heavy atom. The van der Waals surface area contributed by atoms with E-state index in [1.165, 1.54) is 37.8 Å². The molecule has 0 unspecified atom stereocenters. The number of rotatable bonds is 5. The van der Waals surface area contributed by atoms with Gasteiger partial charge < -0.3 is 24.7 Å². The highest BCUT2D eigenvalue weighted by atomic mass is 16.3. The molecule has 3 aromatic rings. The number of nitrogens with zero attached hydrogens (tertiary/aromatic N) is 4. The zero-order chi connectivity index (χ0) is 18.3. The minimum atomic E-state index is -0.796. The van der Waals surface area contributed by atoms with E-state index in [2.05, 4.69) is 20.9 Å². The molecule has 0 aromatic carbocycles. The van der Waals surface area contributed by atoms with Gasteiger partial charge in [0.1, 0.15) is 11.2 Å². The highest BCUT2D eigenvalue weighted by Crippen LogP contribution is 2.38. The van der Waals surface area contributed by atoms with Crippen LogP contribution in [0.2, 0.25) is 0 Å². The number of aryl methyl sites for hydroxylation is 1. The highest BCUT2D eigenvalue weighted by molar-refractivity contribution is 6.06. The van der Waals surface area contributed by atoms with Gasteiger partial charge in [-0.1, -0.05) is 19.3 Å². The van der Waals surface area contributed by atoms with Crippen molar-refractivity contribution in [1.29, 1.82) is 0 Å². The van der Waals surface area contributed by atoms with E-state index in [1.807, 2.05) is 25.0 Å². The number of hydrogen-bond donors (Lipinski definition) is 3. The van der Waals surface area contributed by atoms with Gasteiger partial charge in [0.05, 0.1) is 31.1 Å². The first-order valence-electron chi connectivity index (χ1n) is 9.44. The molecule has 0 amide bonds. The maximum atomic E-state index is 10.1. The van der Waals surface area contributed by atoms with Crippen molar-refractivity contribution in [2.75, 3.05) is 19.0 Å². The molecule has 7 heteroatoms. The number of pyridine rings is 1. The molecular weight excluding hydrogens is 330 g/mol. The van der Waals surface area contributed by atoms with Crippen LogP contribution >= 0.6 is 0 Å². The number of anilines is 1. The maximum absolute atomic E-state index is 10.1. The fourth-order valence-electron chi connectivity index (χ4n) is 4.30. The van der Waals surface area contributed by atoms with Gasteiger partial charge in [0.25, 0.3) is 0 Å². The van der Waals surface area contributed by atoms with Gasteiger partial charge in [-0.15, -0.1) is 0 Å². The van der Waals surface area contributed by atoms with E-state index in [0.717, 1.165) is 27.9 Å². The second-order valence-corrected chi connectivity index (χ2v) is 7.35. The quantitative estimate of drug-likeness (QED) is 0.652. The van der Waals surface area contributed by atoms with Crippen LogP contribution < -0.4 is 5.32 Å². The molecule has 140 valence electrons. The molecule has 0 spiro atoms. The van der Waals surface area contributed by atoms with Crippen molar-refractivity contribution in [3.8, 4) is 0 Å². The summed E-state index contributed by atoms with van der Waals surface area (Å²) in [7, 11) is 3.84. The van der Waals surface area contributed by atoms with Gasteiger partial charge in [0, 0.05) is 25.2 Å². The van der Waals surface area contributed by atoms with E-state index in [4.69, 9.17) is 4.98 Å². The SMILES string of the molecule is CNc1nc2c(cc(C3CCCCC3)n2C[C@H](O)CO)c2c1ncn2C.